The van der Waals surface area contributed by atoms with Gasteiger partial charge in [0.15, 0.2) is 0 Å². The van der Waals surface area contributed by atoms with Gasteiger partial charge in [-0.15, -0.1) is 0 Å². The molecular formula is C64H74B2N4O6. The lowest BCUT2D eigenvalue weighted by Gasteiger charge is -2.32. The molecule has 0 atom stereocenters. The van der Waals surface area contributed by atoms with Gasteiger partial charge in [-0.3, -0.25) is 0 Å². The summed E-state index contributed by atoms with van der Waals surface area (Å²) < 4.78 is 42.0. The van der Waals surface area contributed by atoms with E-state index in [1.807, 2.05) is 0 Å². The summed E-state index contributed by atoms with van der Waals surface area (Å²) >= 11 is 0. The van der Waals surface area contributed by atoms with Crippen LogP contribution in [0.5, 0.6) is 11.5 Å². The molecule has 2 N–H and O–H groups in total. The maximum absolute atomic E-state index is 7.25. The van der Waals surface area contributed by atoms with E-state index in [-0.39, 0.29) is 10.8 Å². The van der Waals surface area contributed by atoms with Crippen LogP contribution in [0, 0.1) is 27.7 Å². The van der Waals surface area contributed by atoms with Gasteiger partial charge in [0.25, 0.3) is 0 Å². The molecule has 8 aliphatic rings. The van der Waals surface area contributed by atoms with Gasteiger partial charge >= 0.3 is 14.2 Å². The van der Waals surface area contributed by atoms with E-state index in [0.29, 0.717) is 18.9 Å². The predicted molar refractivity (Wildman–Crippen MR) is 312 cm³/mol. The first-order chi connectivity index (χ1) is 35.5. The van der Waals surface area contributed by atoms with E-state index in [4.69, 9.17) is 38.1 Å². The van der Waals surface area contributed by atoms with Crippen molar-refractivity contribution in [3.05, 3.63) is 134 Å². The van der Waals surface area contributed by atoms with E-state index < -0.39 is 36.6 Å². The minimum atomic E-state index is -0.723. The molecule has 2 saturated heterocycles. The van der Waals surface area contributed by atoms with E-state index in [1.54, 1.807) is 0 Å². The highest BCUT2D eigenvalue weighted by atomic mass is 16.7. The molecule has 8 aliphatic heterocycles. The first kappa shape index (κ1) is 51.9. The molecule has 12 bridgehead atoms. The molecule has 0 spiro atoms. The topological polar surface area (TPSA) is 113 Å². The first-order valence-corrected chi connectivity index (χ1v) is 27.0. The largest absolute Gasteiger partial charge is 0.497 e. The number of aromatic nitrogens is 4. The van der Waals surface area contributed by atoms with E-state index in [9.17, 15) is 0 Å². The van der Waals surface area contributed by atoms with Crippen LogP contribution in [0.1, 0.15) is 164 Å². The third kappa shape index (κ3) is 8.77. The Labute approximate surface area is 450 Å². The van der Waals surface area contributed by atoms with Crippen LogP contribution in [0.3, 0.4) is 0 Å². The maximum Gasteiger partial charge on any atom is 0.497 e. The number of benzene rings is 3. The zero-order valence-corrected chi connectivity index (χ0v) is 48.0. The highest BCUT2D eigenvalue weighted by Crippen LogP contribution is 2.47. The Hall–Kier alpha value is -6.17. The molecule has 2 fully saturated rings. The predicted octanol–water partition coefficient (Wildman–Crippen LogP) is 14.6. The minimum absolute atomic E-state index is 0.160. The molecule has 10 nitrogen and oxygen atoms in total. The Morgan fingerprint density at radius 2 is 1.00 bits per heavy atom. The Morgan fingerprint density at radius 3 is 1.51 bits per heavy atom. The van der Waals surface area contributed by atoms with Crippen LogP contribution in [0.25, 0.3) is 68.0 Å². The Bertz CT molecular complexity index is 3590. The number of ether oxygens (including phenoxy) is 2. The van der Waals surface area contributed by atoms with Crippen LogP contribution in [-0.4, -0.2) is 56.6 Å². The van der Waals surface area contributed by atoms with E-state index in [0.717, 1.165) is 95.0 Å². The number of rotatable bonds is 2. The van der Waals surface area contributed by atoms with Gasteiger partial charge in [0.2, 0.25) is 0 Å². The summed E-state index contributed by atoms with van der Waals surface area (Å²) in [7, 11) is -1.43. The van der Waals surface area contributed by atoms with Gasteiger partial charge < -0.3 is 38.1 Å². The Balaban J connectivity index is 1.33. The molecule has 3 aromatic heterocycles. The summed E-state index contributed by atoms with van der Waals surface area (Å²) in [4.78, 5) is 19.0. The van der Waals surface area contributed by atoms with Crippen LogP contribution in [0.2, 0.25) is 0 Å². The number of hydrogen-bond donors (Lipinski definition) is 2. The van der Waals surface area contributed by atoms with Crippen LogP contribution in [-0.2, 0) is 42.7 Å². The van der Waals surface area contributed by atoms with Crippen molar-refractivity contribution in [2.75, 3.05) is 0 Å². The zero-order chi connectivity index (χ0) is 54.4. The second-order valence-electron chi connectivity index (χ2n) is 25.8. The van der Waals surface area contributed by atoms with Crippen molar-refractivity contribution < 1.29 is 28.1 Å². The average molecular weight is 1020 g/mol. The molecule has 3 aromatic carbocycles. The third-order valence-corrected chi connectivity index (χ3v) is 17.6. The van der Waals surface area contributed by atoms with Crippen molar-refractivity contribution in [1.29, 1.82) is 0 Å². The fourth-order valence-corrected chi connectivity index (χ4v) is 11.0. The quantitative estimate of drug-likeness (QED) is 0.165. The van der Waals surface area contributed by atoms with E-state index >= 15 is 0 Å². The van der Waals surface area contributed by atoms with Gasteiger partial charge in [0.1, 0.15) is 24.7 Å². The number of aromatic amines is 2. The van der Waals surface area contributed by atoms with Crippen molar-refractivity contribution in [3.8, 4) is 33.8 Å². The highest BCUT2D eigenvalue weighted by molar-refractivity contribution is 6.70. The lowest BCUT2D eigenvalue weighted by Crippen LogP contribution is -2.41. The second-order valence-corrected chi connectivity index (χ2v) is 25.8. The summed E-state index contributed by atoms with van der Waals surface area (Å²) in [5.41, 5.74) is 18.1. The maximum atomic E-state index is 7.25. The van der Waals surface area contributed by atoms with Gasteiger partial charge in [-0.1, -0.05) is 53.7 Å². The summed E-state index contributed by atoms with van der Waals surface area (Å²) in [5.74, 6) is 1.48. The lowest BCUT2D eigenvalue weighted by atomic mass is 9.76. The van der Waals surface area contributed by atoms with Crippen LogP contribution >= 0.6 is 0 Å². The van der Waals surface area contributed by atoms with Gasteiger partial charge in [-0.2, -0.15) is 0 Å². The molecule has 0 radical (unpaired) electrons. The Morgan fingerprint density at radius 1 is 0.500 bits per heavy atom. The molecule has 14 rings (SSSR count). The van der Waals surface area contributed by atoms with Gasteiger partial charge in [0.05, 0.1) is 45.2 Å². The average Bonchev–Trinajstić information content (AvgIpc) is 4.21. The van der Waals surface area contributed by atoms with Gasteiger partial charge in [0, 0.05) is 55.3 Å². The summed E-state index contributed by atoms with van der Waals surface area (Å²) in [6.07, 6.45) is 6.34. The SMILES string of the molecule is Cc1c(C)c2c(C)c(C)c1COc1ccc(C(C)(C)C)cc1-c1c3nc(cc4[nH]c(cc4B4OC(C)(C)C(C)(C)O4)c(c4nc(cc5ccc1[nH]5)C(B1OC(C)(C)C(C)(C)O1)=C4)-c1cc(C(C)(C)C)ccc1OC2)C=C3. The fraction of sp³-hybridized carbons (Fsp3) is 0.406. The highest BCUT2D eigenvalue weighted by Gasteiger charge is 2.54. The van der Waals surface area contributed by atoms with Crippen molar-refractivity contribution in [2.45, 2.75) is 171 Å². The van der Waals surface area contributed by atoms with Gasteiger partial charge in [-0.05, 0) is 211 Å². The molecule has 11 heterocycles. The van der Waals surface area contributed by atoms with Crippen molar-refractivity contribution >= 4 is 65.5 Å². The third-order valence-electron chi connectivity index (χ3n) is 17.6. The molecule has 0 unspecified atom stereocenters. The van der Waals surface area contributed by atoms with Crippen LogP contribution in [0.15, 0.2) is 66.7 Å². The van der Waals surface area contributed by atoms with Gasteiger partial charge in [-0.25, -0.2) is 9.97 Å². The normalized spacial score (nSPS) is 18.4. The van der Waals surface area contributed by atoms with Crippen molar-refractivity contribution in [2.24, 2.45) is 0 Å². The first-order valence-electron chi connectivity index (χ1n) is 27.0. The molecule has 12 heteroatoms. The smallest absolute Gasteiger partial charge is 0.488 e. The molecule has 6 aromatic rings. The van der Waals surface area contributed by atoms with Crippen molar-refractivity contribution in [1.82, 2.24) is 19.9 Å². The van der Waals surface area contributed by atoms with E-state index in [1.165, 1.54) is 33.4 Å². The van der Waals surface area contributed by atoms with E-state index in [2.05, 4.69) is 220 Å². The molecule has 0 aliphatic carbocycles. The number of nitrogens with zero attached hydrogens (tertiary/aromatic N) is 2. The number of nitrogens with one attached hydrogen (secondary N) is 2. The summed E-state index contributed by atoms with van der Waals surface area (Å²) in [6, 6.07) is 23.9. The van der Waals surface area contributed by atoms with Crippen LogP contribution in [0.4, 0.5) is 0 Å². The fourth-order valence-electron chi connectivity index (χ4n) is 11.0. The minimum Gasteiger partial charge on any atom is -0.488 e. The molecule has 0 amide bonds. The van der Waals surface area contributed by atoms with Crippen molar-refractivity contribution in [3.63, 3.8) is 0 Å². The monoisotopic (exact) mass is 1020 g/mol. The Kier molecular flexibility index (Phi) is 12.1. The molecule has 0 saturated carbocycles. The molecule has 76 heavy (non-hydrogen) atoms. The zero-order valence-electron chi connectivity index (χ0n) is 48.0. The summed E-state index contributed by atoms with van der Waals surface area (Å²) in [6.45, 7) is 39.8. The lowest BCUT2D eigenvalue weighted by molar-refractivity contribution is 0.00578. The number of hydrogen-bond acceptors (Lipinski definition) is 8. The standard InChI is InChI=1S/C64H74B2N4O6/c1-35-37(3)46-34-72-56-26-20-40(60(8,9)10)28-44(56)58-53-31-47(65-73-61(11,12)62(13,14)74-65)51(69-53)29-41-21-23-49(67-41)57(43-27-39(59(5,6)7)19-25-55(43)71-33-45(35)36(2)38(46)4)50-24-22-42(68-50)30-52-48(32-54(58)70-52)66-75-63(15,16)64(17,18)76-66/h19-32,67,70H,33-34H2,1-18H3. The second kappa shape index (κ2) is 17.7. The number of H-pyrrole nitrogens is 2. The summed E-state index contributed by atoms with van der Waals surface area (Å²) in [5, 5.41) is 0. The van der Waals surface area contributed by atoms with Crippen LogP contribution < -0.4 is 14.9 Å². The molecular weight excluding hydrogens is 942 g/mol. The molecule has 392 valence electrons.